The smallest absolute Gasteiger partial charge is 0.310 e. The van der Waals surface area contributed by atoms with Gasteiger partial charge in [-0.05, 0) is 32.6 Å². The fraction of sp³-hybridized carbons (Fsp3) is 0.800. The second-order valence-electron chi connectivity index (χ2n) is 5.24. The largest absolute Gasteiger partial charge is 0.466 e. The van der Waals surface area contributed by atoms with E-state index in [0.29, 0.717) is 32.5 Å². The maximum Gasteiger partial charge on any atom is 0.310 e. The minimum atomic E-state index is -0.948. The molecule has 0 N–H and O–H groups in total. The van der Waals surface area contributed by atoms with Crippen molar-refractivity contribution in [3.05, 3.63) is 0 Å². The molecule has 5 nitrogen and oxygen atoms in total. The minimum Gasteiger partial charge on any atom is -0.466 e. The van der Waals surface area contributed by atoms with Crippen molar-refractivity contribution in [3.63, 3.8) is 0 Å². The van der Waals surface area contributed by atoms with Gasteiger partial charge in [0, 0.05) is 13.1 Å². The number of ether oxygens (including phenoxy) is 1. The fourth-order valence-corrected chi connectivity index (χ4v) is 2.68. The molecule has 1 rings (SSSR count). The lowest BCUT2D eigenvalue weighted by Gasteiger charge is -2.36. The van der Waals surface area contributed by atoms with Crippen LogP contribution in [0, 0.1) is 22.7 Å². The number of likely N-dealkylation sites (tertiary alicyclic amines) is 1. The van der Waals surface area contributed by atoms with E-state index in [1.807, 2.05) is 13.8 Å². The predicted molar refractivity (Wildman–Crippen MR) is 74.6 cm³/mol. The van der Waals surface area contributed by atoms with Crippen molar-refractivity contribution in [2.75, 3.05) is 19.7 Å². The number of hydrogen-bond acceptors (Lipinski definition) is 4. The van der Waals surface area contributed by atoms with E-state index in [2.05, 4.69) is 6.07 Å². The zero-order valence-electron chi connectivity index (χ0n) is 12.6. The molecule has 0 bridgehead atoms. The first kappa shape index (κ1) is 16.5. The summed E-state index contributed by atoms with van der Waals surface area (Å²) in [5.41, 5.74) is -0.948. The summed E-state index contributed by atoms with van der Waals surface area (Å²) in [6.45, 7) is 6.85. The highest BCUT2D eigenvalue weighted by Crippen LogP contribution is 2.30. The third kappa shape index (κ3) is 3.30. The van der Waals surface area contributed by atoms with Gasteiger partial charge in [0.15, 0.2) is 0 Å². The van der Waals surface area contributed by atoms with Crippen molar-refractivity contribution in [2.24, 2.45) is 11.3 Å². The zero-order chi connectivity index (χ0) is 15.2. The third-order valence-electron chi connectivity index (χ3n) is 4.16. The van der Waals surface area contributed by atoms with Crippen LogP contribution in [0.3, 0.4) is 0 Å². The monoisotopic (exact) mass is 280 g/mol. The van der Waals surface area contributed by atoms with Crippen LogP contribution in [0.25, 0.3) is 0 Å². The van der Waals surface area contributed by atoms with Crippen molar-refractivity contribution in [3.8, 4) is 6.07 Å². The van der Waals surface area contributed by atoms with Crippen LogP contribution in [0.15, 0.2) is 0 Å². The number of nitrogens with zero attached hydrogens (tertiary/aromatic N) is 2. The first-order valence-electron chi connectivity index (χ1n) is 7.41. The highest BCUT2D eigenvalue weighted by molar-refractivity contribution is 5.86. The second kappa shape index (κ2) is 7.28. The zero-order valence-corrected chi connectivity index (χ0v) is 12.6. The summed E-state index contributed by atoms with van der Waals surface area (Å²) in [4.78, 5) is 26.1. The van der Waals surface area contributed by atoms with Gasteiger partial charge in [-0.1, -0.05) is 13.8 Å². The number of esters is 1. The molecule has 1 saturated heterocycles. The van der Waals surface area contributed by atoms with Crippen LogP contribution in [0.1, 0.15) is 46.5 Å². The van der Waals surface area contributed by atoms with Gasteiger partial charge >= 0.3 is 5.97 Å². The van der Waals surface area contributed by atoms with E-state index in [9.17, 15) is 14.9 Å². The van der Waals surface area contributed by atoms with Gasteiger partial charge in [0.1, 0.15) is 5.41 Å². The topological polar surface area (TPSA) is 70.4 Å². The Morgan fingerprint density at radius 3 is 2.50 bits per heavy atom. The first-order chi connectivity index (χ1) is 9.54. The molecule has 5 heteroatoms. The Kier molecular flexibility index (Phi) is 6.00. The SMILES string of the molecule is CCOC(=O)C1CCCN(C(=O)C(C#N)(CC)CC)C1. The van der Waals surface area contributed by atoms with E-state index in [1.165, 1.54) is 0 Å². The molecule has 0 aromatic rings. The maximum atomic E-state index is 12.6. The van der Waals surface area contributed by atoms with Gasteiger partial charge in [-0.3, -0.25) is 9.59 Å². The van der Waals surface area contributed by atoms with Crippen LogP contribution in [0.2, 0.25) is 0 Å². The molecule has 112 valence electrons. The van der Waals surface area contributed by atoms with Crippen LogP contribution in [-0.2, 0) is 14.3 Å². The summed E-state index contributed by atoms with van der Waals surface area (Å²) in [6.07, 6.45) is 2.53. The molecule has 20 heavy (non-hydrogen) atoms. The molecular weight excluding hydrogens is 256 g/mol. The Balaban J connectivity index is 2.79. The molecule has 1 aliphatic heterocycles. The maximum absolute atomic E-state index is 12.6. The molecule has 1 atom stereocenters. The van der Waals surface area contributed by atoms with E-state index in [1.54, 1.807) is 11.8 Å². The molecule has 1 fully saturated rings. The van der Waals surface area contributed by atoms with Crippen LogP contribution in [-0.4, -0.2) is 36.5 Å². The summed E-state index contributed by atoms with van der Waals surface area (Å²) in [7, 11) is 0. The molecule has 1 aliphatic rings. The molecule has 1 unspecified atom stereocenters. The predicted octanol–water partition coefficient (Wildman–Crippen LogP) is 2.12. The standard InChI is InChI=1S/C15H24N2O3/c1-4-15(5-2,11-16)14(19)17-9-7-8-12(10-17)13(18)20-6-3/h12H,4-10H2,1-3H3. The minimum absolute atomic E-state index is 0.140. The van der Waals surface area contributed by atoms with Crippen molar-refractivity contribution in [1.29, 1.82) is 5.26 Å². The van der Waals surface area contributed by atoms with Gasteiger partial charge in [0.2, 0.25) is 5.91 Å². The van der Waals surface area contributed by atoms with Crippen molar-refractivity contribution >= 4 is 11.9 Å². The first-order valence-corrected chi connectivity index (χ1v) is 7.41. The van der Waals surface area contributed by atoms with Crippen molar-refractivity contribution < 1.29 is 14.3 Å². The Labute approximate surface area is 120 Å². The van der Waals surface area contributed by atoms with Crippen molar-refractivity contribution in [1.82, 2.24) is 4.90 Å². The Bertz CT molecular complexity index is 396. The molecule has 0 aromatic carbocycles. The number of amides is 1. The second-order valence-corrected chi connectivity index (χ2v) is 5.24. The van der Waals surface area contributed by atoms with Crippen LogP contribution in [0.5, 0.6) is 0 Å². The van der Waals surface area contributed by atoms with Gasteiger partial charge < -0.3 is 9.64 Å². The molecule has 0 spiro atoms. The van der Waals surface area contributed by atoms with Gasteiger partial charge in [-0.2, -0.15) is 5.26 Å². The number of nitriles is 1. The van der Waals surface area contributed by atoms with Crippen LogP contribution >= 0.6 is 0 Å². The third-order valence-corrected chi connectivity index (χ3v) is 4.16. The number of carbonyl (C=O) groups is 2. The Morgan fingerprint density at radius 1 is 1.35 bits per heavy atom. The van der Waals surface area contributed by atoms with E-state index in [0.717, 1.165) is 12.8 Å². The molecule has 1 amide bonds. The lowest BCUT2D eigenvalue weighted by Crippen LogP contribution is -2.49. The van der Waals surface area contributed by atoms with Crippen molar-refractivity contribution in [2.45, 2.75) is 46.5 Å². The molecule has 0 radical (unpaired) electrons. The normalized spacial score (nSPS) is 19.3. The van der Waals surface area contributed by atoms with Crippen LogP contribution < -0.4 is 0 Å². The summed E-state index contributed by atoms with van der Waals surface area (Å²) >= 11 is 0. The van der Waals surface area contributed by atoms with Gasteiger partial charge in [0.25, 0.3) is 0 Å². The number of hydrogen-bond donors (Lipinski definition) is 0. The van der Waals surface area contributed by atoms with Crippen LogP contribution in [0.4, 0.5) is 0 Å². The molecule has 1 heterocycles. The summed E-state index contributed by atoms with van der Waals surface area (Å²) in [5, 5.41) is 9.35. The quantitative estimate of drug-likeness (QED) is 0.723. The molecule has 0 saturated carbocycles. The molecule has 0 aliphatic carbocycles. The molecular formula is C15H24N2O3. The average molecular weight is 280 g/mol. The lowest BCUT2D eigenvalue weighted by molar-refractivity contribution is -0.152. The average Bonchev–Trinajstić information content (AvgIpc) is 2.50. The van der Waals surface area contributed by atoms with Gasteiger partial charge in [-0.25, -0.2) is 0 Å². The summed E-state index contributed by atoms with van der Waals surface area (Å²) in [5.74, 6) is -0.627. The van der Waals surface area contributed by atoms with Gasteiger partial charge in [-0.15, -0.1) is 0 Å². The number of rotatable bonds is 5. The lowest BCUT2D eigenvalue weighted by atomic mass is 9.81. The van der Waals surface area contributed by atoms with E-state index < -0.39 is 5.41 Å². The summed E-state index contributed by atoms with van der Waals surface area (Å²) in [6, 6.07) is 2.17. The highest BCUT2D eigenvalue weighted by Gasteiger charge is 2.40. The number of piperidine rings is 1. The number of carbonyl (C=O) groups excluding carboxylic acids is 2. The fourth-order valence-electron chi connectivity index (χ4n) is 2.68. The summed E-state index contributed by atoms with van der Waals surface area (Å²) < 4.78 is 5.03. The highest BCUT2D eigenvalue weighted by atomic mass is 16.5. The van der Waals surface area contributed by atoms with Gasteiger partial charge in [0.05, 0.1) is 18.6 Å². The Hall–Kier alpha value is -1.57. The van der Waals surface area contributed by atoms with E-state index >= 15 is 0 Å². The Morgan fingerprint density at radius 2 is 2.00 bits per heavy atom. The molecule has 0 aromatic heterocycles. The van der Waals surface area contributed by atoms with E-state index in [-0.39, 0.29) is 17.8 Å². The van der Waals surface area contributed by atoms with E-state index in [4.69, 9.17) is 4.74 Å².